The number of hydrogen-bond acceptors (Lipinski definition) is 3. The average Bonchev–Trinajstić information content (AvgIpc) is 2.19. The highest BCUT2D eigenvalue weighted by molar-refractivity contribution is 6.92. The van der Waals surface area contributed by atoms with Gasteiger partial charge in [0.05, 0.1) is 24.3 Å². The molecule has 1 atom stereocenters. The van der Waals surface area contributed by atoms with Crippen LogP contribution in [0, 0.1) is 0 Å². The second kappa shape index (κ2) is 14.6. The molecule has 1 heterocycles. The summed E-state index contributed by atoms with van der Waals surface area (Å²) in [4.78, 5) is 11.5. The van der Waals surface area contributed by atoms with E-state index in [4.69, 9.17) is 21.1 Å². The number of methoxy groups -OCH3 is 1. The van der Waals surface area contributed by atoms with Gasteiger partial charge in [-0.15, -0.1) is 62.0 Å². The molecule has 10 heteroatoms. The Morgan fingerprint density at radius 3 is 2.20 bits per heavy atom. The van der Waals surface area contributed by atoms with E-state index in [-0.39, 0.29) is 77.7 Å². The van der Waals surface area contributed by atoms with E-state index in [1.807, 2.05) is 0 Å². The largest absolute Gasteiger partial charge is 0.497 e. The van der Waals surface area contributed by atoms with Crippen LogP contribution in [0.4, 0.5) is 0 Å². The highest BCUT2D eigenvalue weighted by Crippen LogP contribution is 2.36. The summed E-state index contributed by atoms with van der Waals surface area (Å²) in [5.41, 5.74) is 0.514. The molecule has 1 aromatic rings. The third-order valence-electron chi connectivity index (χ3n) is 2.13. The van der Waals surface area contributed by atoms with Crippen molar-refractivity contribution in [2.75, 3.05) is 13.7 Å². The summed E-state index contributed by atoms with van der Waals surface area (Å²) >= 11 is 5.93. The Kier molecular flexibility index (Phi) is 23.8. The molecule has 1 unspecified atom stereocenters. The number of halogens is 6. The summed E-state index contributed by atoms with van der Waals surface area (Å²) in [6.45, 7) is 0.401. The molecule has 0 saturated carbocycles. The van der Waals surface area contributed by atoms with Crippen LogP contribution in [0.5, 0.6) is 11.5 Å². The highest BCUT2D eigenvalue weighted by Gasteiger charge is 2.22. The van der Waals surface area contributed by atoms with Gasteiger partial charge in [-0.1, -0.05) is 11.6 Å². The van der Waals surface area contributed by atoms with Crippen molar-refractivity contribution >= 4 is 89.3 Å². The summed E-state index contributed by atoms with van der Waals surface area (Å²) < 4.78 is 10.3. The highest BCUT2D eigenvalue weighted by atomic mass is 35.5. The minimum Gasteiger partial charge on any atom is -0.497 e. The molecule has 3 nitrogen and oxygen atoms in total. The molecule has 1 aliphatic heterocycles. The van der Waals surface area contributed by atoms with Gasteiger partial charge in [0.2, 0.25) is 0 Å². The van der Waals surface area contributed by atoms with E-state index in [0.717, 1.165) is 0 Å². The lowest BCUT2D eigenvalue weighted by atomic mass is 10.0. The van der Waals surface area contributed by atoms with Crippen LogP contribution in [0.1, 0.15) is 16.8 Å². The predicted molar refractivity (Wildman–Crippen MR) is 99.8 cm³/mol. The van der Waals surface area contributed by atoms with Gasteiger partial charge in [-0.2, -0.15) is 9.90 Å². The van der Waals surface area contributed by atoms with Crippen LogP contribution in [0.15, 0.2) is 12.1 Å². The topological polar surface area (TPSA) is 35.5 Å². The Morgan fingerprint density at radius 1 is 1.15 bits per heavy atom. The quantitative estimate of drug-likeness (QED) is 0.618. The van der Waals surface area contributed by atoms with Crippen LogP contribution in [-0.2, 0) is 0 Å². The first-order chi connectivity index (χ1) is 6.72. The normalized spacial score (nSPS) is 10.2. The fraction of sp³-hybridized carbons (Fsp3) is 0.300. The summed E-state index contributed by atoms with van der Waals surface area (Å²) in [7, 11) is 1.53. The van der Waals surface area contributed by atoms with E-state index in [9.17, 15) is 4.79 Å². The number of benzene rings is 1. The van der Waals surface area contributed by atoms with Crippen molar-refractivity contribution in [3.8, 4) is 11.5 Å². The van der Waals surface area contributed by atoms with Gasteiger partial charge in [0, 0.05) is 12.5 Å². The Balaban J connectivity index is -0.000000125. The molecule has 0 radical (unpaired) electrons. The molecule has 0 bridgehead atoms. The van der Waals surface area contributed by atoms with E-state index in [0.29, 0.717) is 35.1 Å². The third-order valence-corrected chi connectivity index (χ3v) is 2.41. The van der Waals surface area contributed by atoms with Gasteiger partial charge in [-0.25, -0.2) is 0 Å². The Hall–Kier alpha value is 0.660. The number of rotatable bonds is 1. The molecule has 0 amide bonds. The van der Waals surface area contributed by atoms with Gasteiger partial charge < -0.3 is 9.47 Å². The maximum absolute atomic E-state index is 11.5. The maximum Gasteiger partial charge on any atom is 0.170 e. The van der Waals surface area contributed by atoms with E-state index in [1.165, 1.54) is 7.11 Å². The molecule has 1 aromatic carbocycles. The van der Waals surface area contributed by atoms with Crippen molar-refractivity contribution in [3.63, 3.8) is 0 Å². The summed E-state index contributed by atoms with van der Waals surface area (Å²) in [5.74, 6) is 1.10. The molecule has 1 aliphatic rings. The number of ketones is 1. The number of hydrogen-bond donors (Lipinski definition) is 0. The van der Waals surface area contributed by atoms with E-state index < -0.39 is 0 Å². The van der Waals surface area contributed by atoms with E-state index in [1.54, 1.807) is 12.1 Å². The molecule has 0 aliphatic carbocycles. The van der Waals surface area contributed by atoms with Crippen molar-refractivity contribution in [1.29, 1.82) is 0 Å². The molecule has 2 rings (SSSR count). The number of Topliss-reactive ketones (excluding diaryl/α,β-unsaturated/α-hetero) is 1. The molecule has 20 heavy (non-hydrogen) atoms. The minimum atomic E-state index is 0. The lowest BCUT2D eigenvalue weighted by Gasteiger charge is -2.18. The minimum absolute atomic E-state index is 0. The van der Waals surface area contributed by atoms with E-state index in [2.05, 4.69) is 0 Å². The van der Waals surface area contributed by atoms with Crippen molar-refractivity contribution in [2.24, 2.45) is 0 Å². The van der Waals surface area contributed by atoms with Crippen LogP contribution in [-0.4, -0.2) is 19.5 Å². The van der Waals surface area contributed by atoms with Crippen molar-refractivity contribution < 1.29 is 14.3 Å². The maximum atomic E-state index is 11.5. The molecule has 0 fully saturated rings. The summed E-state index contributed by atoms with van der Waals surface area (Å²) in [5, 5.41) is 0.424. The lowest BCUT2D eigenvalue weighted by Crippen LogP contribution is -2.15. The lowest BCUT2D eigenvalue weighted by molar-refractivity contribution is 0.0933. The van der Waals surface area contributed by atoms with Crippen LogP contribution in [0.25, 0.3) is 0 Å². The monoisotopic (exact) mass is 426 g/mol. The van der Waals surface area contributed by atoms with Crippen molar-refractivity contribution in [1.82, 2.24) is 0 Å². The van der Waals surface area contributed by atoms with Crippen LogP contribution >= 0.6 is 83.5 Å². The van der Waals surface area contributed by atoms with Crippen LogP contribution in [0.3, 0.4) is 0 Å². The van der Waals surface area contributed by atoms with Gasteiger partial charge in [0.15, 0.2) is 5.78 Å². The van der Waals surface area contributed by atoms with E-state index >= 15 is 0 Å². The van der Waals surface area contributed by atoms with Crippen molar-refractivity contribution in [3.05, 3.63) is 22.7 Å². The second-order valence-electron chi connectivity index (χ2n) is 3.01. The van der Waals surface area contributed by atoms with Crippen molar-refractivity contribution in [2.45, 2.75) is 6.42 Å². The molecule has 0 N–H and O–H groups in total. The zero-order valence-corrected chi connectivity index (χ0v) is 16.7. The van der Waals surface area contributed by atoms with Gasteiger partial charge in [0.25, 0.3) is 0 Å². The summed E-state index contributed by atoms with van der Waals surface area (Å²) in [6.07, 6.45) is 0.399. The van der Waals surface area contributed by atoms with Crippen LogP contribution in [0.2, 0.25) is 5.02 Å². The first-order valence-corrected chi connectivity index (χ1v) is 4.63. The van der Waals surface area contributed by atoms with Gasteiger partial charge in [-0.3, -0.25) is 4.79 Å². The molecular weight excluding hydrogens is 412 g/mol. The number of fused-ring (bicyclic) bond motifs is 1. The zero-order chi connectivity index (χ0) is 10.1. The third kappa shape index (κ3) is 7.09. The smallest absolute Gasteiger partial charge is 0.170 e. The van der Waals surface area contributed by atoms with Crippen LogP contribution < -0.4 is 9.47 Å². The number of carbonyl (C=O) groups is 1. The fourth-order valence-electron chi connectivity index (χ4n) is 1.42. The molecule has 0 saturated heterocycles. The predicted octanol–water partition coefficient (Wildman–Crippen LogP) is 4.48. The Labute approximate surface area is 157 Å². The SMILES string of the molecule is COc1cc(Cl)c2c(c1)C(=O)CCO2.Cl.Cl.Cl.Cl.Cl.P. The molecular formula is C10H17Cl6O3P. The van der Waals surface area contributed by atoms with Gasteiger partial charge >= 0.3 is 0 Å². The zero-order valence-electron chi connectivity index (χ0n) is 10.4. The first kappa shape index (κ1) is 32.6. The summed E-state index contributed by atoms with van der Waals surface area (Å²) in [6, 6.07) is 3.29. The second-order valence-corrected chi connectivity index (χ2v) is 3.41. The average molecular weight is 429 g/mol. The standard InChI is InChI=1S/C10H9ClO3.5ClH.H3P/c1-13-6-4-7-9(12)2-3-14-10(7)8(11)5-6;;;;;;/h4-5H,2-3H2,1H3;5*1H;1H3. The number of carbonyl (C=O) groups excluding carboxylic acids is 1. The molecule has 122 valence electrons. The Bertz CT molecular complexity index is 405. The fourth-order valence-corrected chi connectivity index (χ4v) is 1.68. The number of ether oxygens (including phenoxy) is 2. The Morgan fingerprint density at radius 2 is 1.70 bits per heavy atom. The molecule has 0 aromatic heterocycles. The van der Waals surface area contributed by atoms with Gasteiger partial charge in [0.1, 0.15) is 11.5 Å². The van der Waals surface area contributed by atoms with Gasteiger partial charge in [-0.05, 0) is 6.07 Å². The first-order valence-electron chi connectivity index (χ1n) is 4.26. The molecule has 0 spiro atoms.